The zero-order chi connectivity index (χ0) is 19.3. The van der Waals surface area contributed by atoms with Crippen LogP contribution in [0.3, 0.4) is 0 Å². The summed E-state index contributed by atoms with van der Waals surface area (Å²) in [5.41, 5.74) is 2.94. The van der Waals surface area contributed by atoms with Crippen LogP contribution >= 0.6 is 11.3 Å². The van der Waals surface area contributed by atoms with Crippen molar-refractivity contribution < 1.29 is 24.3 Å². The molecule has 0 atom stereocenters. The molecule has 138 valence electrons. The van der Waals surface area contributed by atoms with Gasteiger partial charge in [0.2, 0.25) is 5.13 Å². The first-order valence-corrected chi connectivity index (χ1v) is 8.18. The Kier molecular flexibility index (Phi) is 6.07. The van der Waals surface area contributed by atoms with Crippen molar-refractivity contribution in [2.24, 2.45) is 5.10 Å². The molecule has 11 heteroatoms. The molecule has 1 aromatic carbocycles. The lowest BCUT2D eigenvalue weighted by Gasteiger charge is -2.05. The Morgan fingerprint density at radius 3 is 2.88 bits per heavy atom. The number of ether oxygens (including phenoxy) is 2. The van der Waals surface area contributed by atoms with E-state index in [0.717, 1.165) is 23.5 Å². The molecule has 0 saturated heterocycles. The highest BCUT2D eigenvalue weighted by molar-refractivity contribution is 7.17. The summed E-state index contributed by atoms with van der Waals surface area (Å²) in [5.74, 6) is -0.804. The van der Waals surface area contributed by atoms with Gasteiger partial charge in [-0.2, -0.15) is 5.10 Å². The molecule has 0 spiro atoms. The number of nitro groups is 1. The number of methoxy groups -OCH3 is 1. The lowest BCUT2D eigenvalue weighted by molar-refractivity contribution is -0.385. The number of aromatic nitrogens is 1. The number of nitro benzene ring substituents is 1. The van der Waals surface area contributed by atoms with E-state index in [1.54, 1.807) is 13.8 Å². The summed E-state index contributed by atoms with van der Waals surface area (Å²) >= 11 is 1.06. The van der Waals surface area contributed by atoms with Gasteiger partial charge in [-0.25, -0.2) is 9.78 Å². The minimum Gasteiger partial charge on any atom is -0.504 e. The number of anilines is 1. The van der Waals surface area contributed by atoms with Gasteiger partial charge in [-0.3, -0.25) is 15.5 Å². The first kappa shape index (κ1) is 19.1. The minimum atomic E-state index is -0.609. The molecule has 2 N–H and O–H groups in total. The summed E-state index contributed by atoms with van der Waals surface area (Å²) in [6.45, 7) is 3.62. The number of hydrazone groups is 1. The number of nitrogens with zero attached hydrogens (tertiary/aromatic N) is 3. The van der Waals surface area contributed by atoms with Gasteiger partial charge in [0.25, 0.3) is 5.69 Å². The number of phenols is 1. The molecular weight excluding hydrogens is 364 g/mol. The number of esters is 1. The number of non-ortho nitro benzene ring substituents is 1. The smallest absolute Gasteiger partial charge is 0.350 e. The second kappa shape index (κ2) is 8.25. The highest BCUT2D eigenvalue weighted by Gasteiger charge is 2.17. The van der Waals surface area contributed by atoms with Crippen molar-refractivity contribution in [3.8, 4) is 11.5 Å². The quantitative estimate of drug-likeness (QED) is 0.324. The van der Waals surface area contributed by atoms with E-state index in [-0.39, 0.29) is 29.4 Å². The molecule has 2 aromatic rings. The second-order valence-corrected chi connectivity index (χ2v) is 5.87. The predicted molar refractivity (Wildman–Crippen MR) is 95.3 cm³/mol. The van der Waals surface area contributed by atoms with Gasteiger partial charge in [0, 0.05) is 11.6 Å². The summed E-state index contributed by atoms with van der Waals surface area (Å²) < 4.78 is 9.84. The van der Waals surface area contributed by atoms with Crippen LogP contribution in [0.1, 0.15) is 27.9 Å². The molecule has 0 radical (unpaired) electrons. The number of hydrogen-bond acceptors (Lipinski definition) is 10. The summed E-state index contributed by atoms with van der Waals surface area (Å²) in [7, 11) is 1.28. The number of thiazole rings is 1. The van der Waals surface area contributed by atoms with Crippen LogP contribution in [0.25, 0.3) is 0 Å². The molecule has 0 aliphatic heterocycles. The number of hydrogen-bond donors (Lipinski definition) is 2. The standard InChI is InChI=1S/C15H16N4O6S/c1-4-25-14(21)13-8(2)17-15(26-13)18-16-7-9-5-10(19(22)23)6-11(24-3)12(9)20/h5-7,20H,4H2,1-3H3,(H,17,18)/b16-7+. The molecule has 10 nitrogen and oxygen atoms in total. The van der Waals surface area contributed by atoms with E-state index < -0.39 is 10.9 Å². The van der Waals surface area contributed by atoms with E-state index in [4.69, 9.17) is 9.47 Å². The minimum absolute atomic E-state index is 0.0460. The number of nitrogens with one attached hydrogen (secondary N) is 1. The number of carbonyl (C=O) groups excluding carboxylic acids is 1. The molecule has 26 heavy (non-hydrogen) atoms. The van der Waals surface area contributed by atoms with Gasteiger partial charge in [-0.1, -0.05) is 11.3 Å². The maximum absolute atomic E-state index is 11.8. The van der Waals surface area contributed by atoms with E-state index in [0.29, 0.717) is 15.7 Å². The Labute approximate surface area is 152 Å². The molecule has 0 bridgehead atoms. The monoisotopic (exact) mass is 380 g/mol. The van der Waals surface area contributed by atoms with E-state index in [1.807, 2.05) is 0 Å². The molecule has 0 aliphatic rings. The maximum atomic E-state index is 11.8. The predicted octanol–water partition coefficient (Wildman–Crippen LogP) is 2.70. The lowest BCUT2D eigenvalue weighted by atomic mass is 10.2. The highest BCUT2D eigenvalue weighted by Crippen LogP contribution is 2.33. The Morgan fingerprint density at radius 1 is 1.54 bits per heavy atom. The van der Waals surface area contributed by atoms with Crippen molar-refractivity contribution in [1.29, 1.82) is 0 Å². The lowest BCUT2D eigenvalue weighted by Crippen LogP contribution is -2.03. The van der Waals surface area contributed by atoms with Crippen LogP contribution in [0, 0.1) is 17.0 Å². The van der Waals surface area contributed by atoms with Gasteiger partial charge < -0.3 is 14.6 Å². The molecule has 0 fully saturated rings. The number of benzene rings is 1. The molecule has 0 aliphatic carbocycles. The molecular formula is C15H16N4O6S. The van der Waals surface area contributed by atoms with Crippen LogP contribution in [-0.2, 0) is 4.74 Å². The maximum Gasteiger partial charge on any atom is 0.350 e. The molecule has 1 aromatic heterocycles. The van der Waals surface area contributed by atoms with Crippen molar-refractivity contribution in [3.63, 3.8) is 0 Å². The fourth-order valence-electron chi connectivity index (χ4n) is 1.96. The molecule has 1 heterocycles. The summed E-state index contributed by atoms with van der Waals surface area (Å²) in [6, 6.07) is 2.26. The van der Waals surface area contributed by atoms with Crippen molar-refractivity contribution in [2.45, 2.75) is 13.8 Å². The van der Waals surface area contributed by atoms with Crippen LogP contribution < -0.4 is 10.2 Å². The Bertz CT molecular complexity index is 864. The summed E-state index contributed by atoms with van der Waals surface area (Å²) in [6.07, 6.45) is 1.19. The van der Waals surface area contributed by atoms with Crippen molar-refractivity contribution >= 4 is 34.3 Å². The Balaban J connectivity index is 2.21. The largest absolute Gasteiger partial charge is 0.504 e. The SMILES string of the molecule is CCOC(=O)c1sc(N/N=C/c2cc([N+](=O)[O-])cc(OC)c2O)nc1C. The van der Waals surface area contributed by atoms with Gasteiger partial charge in [0.05, 0.1) is 36.6 Å². The molecule has 0 saturated carbocycles. The first-order valence-electron chi connectivity index (χ1n) is 7.36. The summed E-state index contributed by atoms with van der Waals surface area (Å²) in [5, 5.41) is 25.2. The van der Waals surface area contributed by atoms with Crippen LogP contribution in [0.15, 0.2) is 17.2 Å². The van der Waals surface area contributed by atoms with Crippen molar-refractivity contribution in [1.82, 2.24) is 4.98 Å². The topological polar surface area (TPSA) is 136 Å². The van der Waals surface area contributed by atoms with E-state index in [9.17, 15) is 20.0 Å². The average Bonchev–Trinajstić information content (AvgIpc) is 2.97. The van der Waals surface area contributed by atoms with Crippen molar-refractivity contribution in [3.05, 3.63) is 38.4 Å². The van der Waals surface area contributed by atoms with Crippen LogP contribution in [0.4, 0.5) is 10.8 Å². The first-order chi connectivity index (χ1) is 12.4. The number of carbonyl (C=O) groups is 1. The fourth-order valence-corrected chi connectivity index (χ4v) is 2.77. The molecule has 0 amide bonds. The average molecular weight is 380 g/mol. The number of rotatable bonds is 7. The fraction of sp³-hybridized carbons (Fsp3) is 0.267. The van der Waals surface area contributed by atoms with E-state index in [2.05, 4.69) is 15.5 Å². The van der Waals surface area contributed by atoms with Gasteiger partial charge in [-0.05, 0) is 13.8 Å². The Hall–Kier alpha value is -3.21. The highest BCUT2D eigenvalue weighted by atomic mass is 32.1. The number of phenolic OH excluding ortho intramolecular Hbond substituents is 1. The van der Waals surface area contributed by atoms with E-state index in [1.165, 1.54) is 13.3 Å². The Morgan fingerprint density at radius 2 is 2.27 bits per heavy atom. The molecule has 0 unspecified atom stereocenters. The summed E-state index contributed by atoms with van der Waals surface area (Å²) in [4.78, 5) is 26.6. The van der Waals surface area contributed by atoms with Crippen LogP contribution in [0.2, 0.25) is 0 Å². The molecule has 2 rings (SSSR count). The zero-order valence-corrected chi connectivity index (χ0v) is 15.0. The van der Waals surface area contributed by atoms with Crippen LogP contribution in [-0.4, -0.2) is 40.9 Å². The number of aromatic hydroxyl groups is 1. The van der Waals surface area contributed by atoms with E-state index >= 15 is 0 Å². The van der Waals surface area contributed by atoms with Crippen molar-refractivity contribution in [2.75, 3.05) is 19.1 Å². The van der Waals surface area contributed by atoms with Gasteiger partial charge in [0.1, 0.15) is 4.88 Å². The van der Waals surface area contributed by atoms with Gasteiger partial charge in [0.15, 0.2) is 11.5 Å². The third-order valence-electron chi connectivity index (χ3n) is 3.14. The second-order valence-electron chi connectivity index (χ2n) is 4.87. The zero-order valence-electron chi connectivity index (χ0n) is 14.2. The van der Waals surface area contributed by atoms with Gasteiger partial charge >= 0.3 is 5.97 Å². The normalized spacial score (nSPS) is 10.7. The third-order valence-corrected chi connectivity index (χ3v) is 4.18. The van der Waals surface area contributed by atoms with Crippen LogP contribution in [0.5, 0.6) is 11.5 Å². The van der Waals surface area contributed by atoms with Gasteiger partial charge in [-0.15, -0.1) is 0 Å². The number of aryl methyl sites for hydroxylation is 1. The third kappa shape index (κ3) is 4.25.